The fraction of sp³-hybridized carbons (Fsp3) is 0.368. The number of benzene rings is 2. The molecule has 0 unspecified atom stereocenters. The van der Waals surface area contributed by atoms with Gasteiger partial charge >= 0.3 is 0 Å². The second-order valence-electron chi connectivity index (χ2n) is 5.93. The van der Waals surface area contributed by atoms with Crippen molar-refractivity contribution in [3.8, 4) is 5.75 Å². The fourth-order valence-electron chi connectivity index (χ4n) is 2.43. The highest BCUT2D eigenvalue weighted by Crippen LogP contribution is 2.22. The van der Waals surface area contributed by atoms with E-state index in [1.54, 1.807) is 7.11 Å². The standard InChI is InChI=1S/C19H25NO/c1-14(2)13-16-5-7-17(8-6-16)15(3)20-18-9-11-19(21-4)12-10-18/h5-12,14-15,20H,13H2,1-4H3/t15-/m1/s1. The fourth-order valence-corrected chi connectivity index (χ4v) is 2.43. The maximum absolute atomic E-state index is 5.18. The van der Waals surface area contributed by atoms with E-state index in [0.29, 0.717) is 5.92 Å². The lowest BCUT2D eigenvalue weighted by atomic mass is 10.00. The van der Waals surface area contributed by atoms with Crippen LogP contribution >= 0.6 is 0 Å². The third-order valence-corrected chi connectivity index (χ3v) is 3.60. The quantitative estimate of drug-likeness (QED) is 0.799. The van der Waals surface area contributed by atoms with E-state index in [4.69, 9.17) is 4.74 Å². The molecule has 0 radical (unpaired) electrons. The Balaban J connectivity index is 2.00. The van der Waals surface area contributed by atoms with E-state index in [-0.39, 0.29) is 6.04 Å². The molecule has 112 valence electrons. The molecule has 0 aliphatic rings. The molecule has 2 aromatic carbocycles. The number of hydrogen-bond acceptors (Lipinski definition) is 2. The molecule has 1 atom stereocenters. The number of rotatable bonds is 6. The first-order valence-corrected chi connectivity index (χ1v) is 7.58. The molecular formula is C19H25NO. The summed E-state index contributed by atoms with van der Waals surface area (Å²) in [5.41, 5.74) is 3.82. The Morgan fingerprint density at radius 2 is 1.52 bits per heavy atom. The summed E-state index contributed by atoms with van der Waals surface area (Å²) in [6.07, 6.45) is 1.14. The zero-order valence-electron chi connectivity index (χ0n) is 13.4. The summed E-state index contributed by atoms with van der Waals surface area (Å²) >= 11 is 0. The van der Waals surface area contributed by atoms with Crippen LogP contribution in [0.5, 0.6) is 5.75 Å². The van der Waals surface area contributed by atoms with Crippen molar-refractivity contribution in [2.45, 2.75) is 33.2 Å². The van der Waals surface area contributed by atoms with Gasteiger partial charge in [0.05, 0.1) is 7.11 Å². The Morgan fingerprint density at radius 3 is 2.05 bits per heavy atom. The van der Waals surface area contributed by atoms with Gasteiger partial charge in [-0.15, -0.1) is 0 Å². The van der Waals surface area contributed by atoms with Gasteiger partial charge in [-0.2, -0.15) is 0 Å². The molecule has 0 saturated heterocycles. The predicted molar refractivity (Wildman–Crippen MR) is 90.0 cm³/mol. The molecule has 0 heterocycles. The van der Waals surface area contributed by atoms with Gasteiger partial charge in [-0.25, -0.2) is 0 Å². The van der Waals surface area contributed by atoms with Crippen LogP contribution in [-0.2, 0) is 6.42 Å². The number of ether oxygens (including phenoxy) is 1. The summed E-state index contributed by atoms with van der Waals surface area (Å²) in [7, 11) is 1.68. The van der Waals surface area contributed by atoms with Crippen molar-refractivity contribution < 1.29 is 4.74 Å². The van der Waals surface area contributed by atoms with Gasteiger partial charge in [-0.1, -0.05) is 38.1 Å². The van der Waals surface area contributed by atoms with Gasteiger partial charge < -0.3 is 10.1 Å². The summed E-state index contributed by atoms with van der Waals surface area (Å²) in [4.78, 5) is 0. The van der Waals surface area contributed by atoms with Gasteiger partial charge in [0, 0.05) is 11.7 Å². The molecule has 0 fully saturated rings. The van der Waals surface area contributed by atoms with Crippen molar-refractivity contribution >= 4 is 5.69 Å². The highest BCUT2D eigenvalue weighted by atomic mass is 16.5. The smallest absolute Gasteiger partial charge is 0.119 e. The molecule has 2 nitrogen and oxygen atoms in total. The lowest BCUT2D eigenvalue weighted by Gasteiger charge is -2.16. The van der Waals surface area contributed by atoms with Crippen LogP contribution in [0.2, 0.25) is 0 Å². The molecule has 0 aliphatic carbocycles. The lowest BCUT2D eigenvalue weighted by molar-refractivity contribution is 0.415. The molecule has 0 aromatic heterocycles. The van der Waals surface area contributed by atoms with Crippen LogP contribution in [0, 0.1) is 5.92 Å². The van der Waals surface area contributed by atoms with Crippen LogP contribution in [0.3, 0.4) is 0 Å². The van der Waals surface area contributed by atoms with Gasteiger partial charge in [0.2, 0.25) is 0 Å². The summed E-state index contributed by atoms with van der Waals surface area (Å²) in [6.45, 7) is 6.69. The van der Waals surface area contributed by atoms with E-state index in [9.17, 15) is 0 Å². The lowest BCUT2D eigenvalue weighted by Crippen LogP contribution is -2.06. The van der Waals surface area contributed by atoms with Crippen molar-refractivity contribution in [3.63, 3.8) is 0 Å². The SMILES string of the molecule is COc1ccc(N[C@H](C)c2ccc(CC(C)C)cc2)cc1. The molecule has 0 bridgehead atoms. The third-order valence-electron chi connectivity index (χ3n) is 3.60. The molecule has 2 rings (SSSR count). The maximum Gasteiger partial charge on any atom is 0.119 e. The summed E-state index contributed by atoms with van der Waals surface area (Å²) < 4.78 is 5.18. The molecule has 2 heteroatoms. The van der Waals surface area contributed by atoms with E-state index in [2.05, 4.69) is 50.4 Å². The van der Waals surface area contributed by atoms with E-state index in [1.165, 1.54) is 11.1 Å². The second-order valence-corrected chi connectivity index (χ2v) is 5.93. The summed E-state index contributed by atoms with van der Waals surface area (Å²) in [5.74, 6) is 1.58. The average molecular weight is 283 g/mol. The third kappa shape index (κ3) is 4.52. The van der Waals surface area contributed by atoms with E-state index < -0.39 is 0 Å². The minimum atomic E-state index is 0.284. The molecule has 21 heavy (non-hydrogen) atoms. The Hall–Kier alpha value is -1.96. The number of nitrogens with one attached hydrogen (secondary N) is 1. The number of methoxy groups -OCH3 is 1. The Morgan fingerprint density at radius 1 is 0.905 bits per heavy atom. The first-order chi connectivity index (χ1) is 10.1. The topological polar surface area (TPSA) is 21.3 Å². The first-order valence-electron chi connectivity index (χ1n) is 7.58. The minimum Gasteiger partial charge on any atom is -0.497 e. The van der Waals surface area contributed by atoms with Crippen molar-refractivity contribution in [1.82, 2.24) is 0 Å². The van der Waals surface area contributed by atoms with Crippen molar-refractivity contribution in [1.29, 1.82) is 0 Å². The zero-order chi connectivity index (χ0) is 15.2. The normalized spacial score (nSPS) is 12.2. The Labute approximate surface area is 128 Å². The maximum atomic E-state index is 5.18. The molecule has 0 spiro atoms. The second kappa shape index (κ2) is 7.16. The Kier molecular flexibility index (Phi) is 5.26. The van der Waals surface area contributed by atoms with Crippen LogP contribution in [0.4, 0.5) is 5.69 Å². The summed E-state index contributed by atoms with van der Waals surface area (Å²) in [6, 6.07) is 17.2. The van der Waals surface area contributed by atoms with Crippen molar-refractivity contribution in [2.24, 2.45) is 5.92 Å². The minimum absolute atomic E-state index is 0.284. The molecule has 0 aliphatic heterocycles. The van der Waals surface area contributed by atoms with Gasteiger partial charge in [0.1, 0.15) is 5.75 Å². The van der Waals surface area contributed by atoms with Crippen LogP contribution in [0.15, 0.2) is 48.5 Å². The molecule has 2 aromatic rings. The van der Waals surface area contributed by atoms with Crippen LogP contribution in [0.25, 0.3) is 0 Å². The van der Waals surface area contributed by atoms with E-state index in [0.717, 1.165) is 17.9 Å². The molecular weight excluding hydrogens is 258 g/mol. The number of hydrogen-bond donors (Lipinski definition) is 1. The van der Waals surface area contributed by atoms with Crippen LogP contribution < -0.4 is 10.1 Å². The van der Waals surface area contributed by atoms with Crippen LogP contribution in [-0.4, -0.2) is 7.11 Å². The Bertz CT molecular complexity index is 543. The van der Waals surface area contributed by atoms with Gasteiger partial charge in [0.25, 0.3) is 0 Å². The number of anilines is 1. The molecule has 0 amide bonds. The highest BCUT2D eigenvalue weighted by Gasteiger charge is 2.06. The van der Waals surface area contributed by atoms with Gasteiger partial charge in [-0.3, -0.25) is 0 Å². The highest BCUT2D eigenvalue weighted by molar-refractivity contribution is 5.48. The monoisotopic (exact) mass is 283 g/mol. The van der Waals surface area contributed by atoms with E-state index >= 15 is 0 Å². The average Bonchev–Trinajstić information content (AvgIpc) is 2.48. The molecule has 1 N–H and O–H groups in total. The van der Waals surface area contributed by atoms with Crippen LogP contribution in [0.1, 0.15) is 37.9 Å². The van der Waals surface area contributed by atoms with Gasteiger partial charge in [0.15, 0.2) is 0 Å². The molecule has 0 saturated carbocycles. The van der Waals surface area contributed by atoms with Gasteiger partial charge in [-0.05, 0) is 54.7 Å². The largest absolute Gasteiger partial charge is 0.497 e. The van der Waals surface area contributed by atoms with Crippen molar-refractivity contribution in [2.75, 3.05) is 12.4 Å². The first kappa shape index (κ1) is 15.4. The zero-order valence-corrected chi connectivity index (χ0v) is 13.4. The predicted octanol–water partition coefficient (Wildman–Crippen LogP) is 5.07. The summed E-state index contributed by atoms with van der Waals surface area (Å²) in [5, 5.41) is 3.51. The van der Waals surface area contributed by atoms with Crippen molar-refractivity contribution in [3.05, 3.63) is 59.7 Å². The van der Waals surface area contributed by atoms with E-state index in [1.807, 2.05) is 24.3 Å².